The van der Waals surface area contributed by atoms with Crippen LogP contribution in [0, 0.1) is 0 Å². The first-order valence-electron chi connectivity index (χ1n) is 6.02. The van der Waals surface area contributed by atoms with E-state index in [0.29, 0.717) is 30.9 Å². The van der Waals surface area contributed by atoms with Crippen molar-refractivity contribution in [1.82, 2.24) is 9.55 Å². The summed E-state index contributed by atoms with van der Waals surface area (Å²) in [4.78, 5) is 15.7. The lowest BCUT2D eigenvalue weighted by Crippen LogP contribution is -2.09. The van der Waals surface area contributed by atoms with Crippen molar-refractivity contribution in [2.75, 3.05) is 6.61 Å². The highest BCUT2D eigenvalue weighted by molar-refractivity contribution is 5.98. The molecule has 0 saturated heterocycles. The van der Waals surface area contributed by atoms with Crippen molar-refractivity contribution < 1.29 is 9.53 Å². The molecule has 0 radical (unpaired) electrons. The number of benzene rings is 1. The molecular formula is C14H16N2O2. The third kappa shape index (κ3) is 2.97. The van der Waals surface area contributed by atoms with Gasteiger partial charge < -0.3 is 9.30 Å². The van der Waals surface area contributed by atoms with Crippen LogP contribution in [0.4, 0.5) is 0 Å². The first-order valence-corrected chi connectivity index (χ1v) is 6.02. The van der Waals surface area contributed by atoms with Crippen molar-refractivity contribution in [3.63, 3.8) is 0 Å². The van der Waals surface area contributed by atoms with Crippen molar-refractivity contribution in [2.45, 2.75) is 19.9 Å². The number of imidazole rings is 1. The largest absolute Gasteiger partial charge is 0.491 e. The van der Waals surface area contributed by atoms with Crippen LogP contribution in [-0.2, 0) is 6.54 Å². The van der Waals surface area contributed by atoms with Gasteiger partial charge in [0.05, 0.1) is 18.4 Å². The van der Waals surface area contributed by atoms with Gasteiger partial charge in [0.25, 0.3) is 0 Å². The lowest BCUT2D eigenvalue weighted by atomic mass is 10.1. The second-order valence-electron chi connectivity index (χ2n) is 3.92. The highest BCUT2D eigenvalue weighted by atomic mass is 16.5. The first kappa shape index (κ1) is 12.4. The summed E-state index contributed by atoms with van der Waals surface area (Å²) in [6.07, 6.45) is 5.84. The molecule has 1 aromatic carbocycles. The number of carbonyl (C=O) groups excluding carboxylic acids is 1. The number of ketones is 1. The maximum atomic E-state index is 11.7. The summed E-state index contributed by atoms with van der Waals surface area (Å²) < 4.78 is 7.60. The Bertz CT molecular complexity index is 506. The normalized spacial score (nSPS) is 10.3. The lowest BCUT2D eigenvalue weighted by molar-refractivity contribution is 0.0984. The molecule has 2 rings (SSSR count). The maximum Gasteiger partial charge on any atom is 0.166 e. The van der Waals surface area contributed by atoms with Crippen molar-refractivity contribution in [1.29, 1.82) is 0 Å². The number of carbonyl (C=O) groups is 1. The Balaban J connectivity index is 1.98. The van der Waals surface area contributed by atoms with Gasteiger partial charge in [-0.2, -0.15) is 0 Å². The number of Topliss-reactive ketones (excluding diaryl/α,β-unsaturated/α-hetero) is 1. The van der Waals surface area contributed by atoms with Gasteiger partial charge in [-0.15, -0.1) is 0 Å². The fourth-order valence-corrected chi connectivity index (χ4v) is 1.69. The summed E-state index contributed by atoms with van der Waals surface area (Å²) in [6, 6.07) is 7.36. The fraction of sp³-hybridized carbons (Fsp3) is 0.286. The van der Waals surface area contributed by atoms with E-state index in [0.717, 1.165) is 0 Å². The van der Waals surface area contributed by atoms with Gasteiger partial charge in [0.1, 0.15) is 12.4 Å². The number of nitrogens with zero attached hydrogens (tertiary/aromatic N) is 2. The van der Waals surface area contributed by atoms with Gasteiger partial charge in [0.15, 0.2) is 5.78 Å². The monoisotopic (exact) mass is 244 g/mol. The highest BCUT2D eigenvalue weighted by Gasteiger charge is 2.09. The van der Waals surface area contributed by atoms with Crippen LogP contribution < -0.4 is 4.74 Å². The molecule has 0 saturated carbocycles. The SMILES string of the molecule is CCC(=O)c1ccccc1OCCn1ccnc1. The predicted molar refractivity (Wildman–Crippen MR) is 68.8 cm³/mol. The molecule has 94 valence electrons. The second kappa shape index (κ2) is 6.00. The zero-order valence-corrected chi connectivity index (χ0v) is 10.4. The van der Waals surface area contributed by atoms with Crippen LogP contribution in [0.3, 0.4) is 0 Å². The van der Waals surface area contributed by atoms with E-state index in [1.54, 1.807) is 18.6 Å². The van der Waals surface area contributed by atoms with E-state index in [-0.39, 0.29) is 5.78 Å². The van der Waals surface area contributed by atoms with Gasteiger partial charge >= 0.3 is 0 Å². The van der Waals surface area contributed by atoms with E-state index in [2.05, 4.69) is 4.98 Å². The summed E-state index contributed by atoms with van der Waals surface area (Å²) in [5.74, 6) is 0.762. The van der Waals surface area contributed by atoms with Gasteiger partial charge in [-0.3, -0.25) is 4.79 Å². The molecule has 18 heavy (non-hydrogen) atoms. The van der Waals surface area contributed by atoms with E-state index in [1.807, 2.05) is 35.9 Å². The average Bonchev–Trinajstić information content (AvgIpc) is 2.92. The maximum absolute atomic E-state index is 11.7. The van der Waals surface area contributed by atoms with Crippen LogP contribution in [0.5, 0.6) is 5.75 Å². The standard InChI is InChI=1S/C14H16N2O2/c1-2-13(17)12-5-3-4-6-14(12)18-10-9-16-8-7-15-11-16/h3-8,11H,2,9-10H2,1H3. The van der Waals surface area contributed by atoms with Crippen LogP contribution in [0.1, 0.15) is 23.7 Å². The molecule has 2 aromatic rings. The number of aromatic nitrogens is 2. The molecule has 4 heteroatoms. The zero-order valence-electron chi connectivity index (χ0n) is 10.4. The van der Waals surface area contributed by atoms with E-state index in [1.165, 1.54) is 0 Å². The molecule has 0 aliphatic heterocycles. The Morgan fingerprint density at radius 2 is 2.22 bits per heavy atom. The molecular weight excluding hydrogens is 228 g/mol. The summed E-state index contributed by atoms with van der Waals surface area (Å²) in [7, 11) is 0. The molecule has 0 unspecified atom stereocenters. The van der Waals surface area contributed by atoms with Crippen LogP contribution in [0.2, 0.25) is 0 Å². The van der Waals surface area contributed by atoms with Gasteiger partial charge in [-0.1, -0.05) is 19.1 Å². The number of rotatable bonds is 6. The number of hydrogen-bond donors (Lipinski definition) is 0. The topological polar surface area (TPSA) is 44.1 Å². The Kier molecular flexibility index (Phi) is 4.12. The van der Waals surface area contributed by atoms with Crippen molar-refractivity contribution in [3.8, 4) is 5.75 Å². The number of para-hydroxylation sites is 1. The quantitative estimate of drug-likeness (QED) is 0.733. The minimum Gasteiger partial charge on any atom is -0.491 e. The molecule has 4 nitrogen and oxygen atoms in total. The smallest absolute Gasteiger partial charge is 0.166 e. The van der Waals surface area contributed by atoms with Crippen molar-refractivity contribution in [3.05, 3.63) is 48.5 Å². The average molecular weight is 244 g/mol. The van der Waals surface area contributed by atoms with Gasteiger partial charge in [0.2, 0.25) is 0 Å². The molecule has 0 atom stereocenters. The summed E-state index contributed by atoms with van der Waals surface area (Å²) >= 11 is 0. The molecule has 0 fully saturated rings. The molecule has 0 bridgehead atoms. The molecule has 0 spiro atoms. The first-order chi connectivity index (χ1) is 8.81. The number of ether oxygens (including phenoxy) is 1. The van der Waals surface area contributed by atoms with E-state index in [9.17, 15) is 4.79 Å². The highest BCUT2D eigenvalue weighted by Crippen LogP contribution is 2.19. The molecule has 1 heterocycles. The summed E-state index contributed by atoms with van der Waals surface area (Å²) in [5.41, 5.74) is 0.658. The van der Waals surface area contributed by atoms with Crippen molar-refractivity contribution >= 4 is 5.78 Å². The summed E-state index contributed by atoms with van der Waals surface area (Å²) in [6.45, 7) is 3.09. The van der Waals surface area contributed by atoms with Crippen LogP contribution >= 0.6 is 0 Å². The Morgan fingerprint density at radius 1 is 1.39 bits per heavy atom. The fourth-order valence-electron chi connectivity index (χ4n) is 1.69. The second-order valence-corrected chi connectivity index (χ2v) is 3.92. The van der Waals surface area contributed by atoms with Gasteiger partial charge in [-0.05, 0) is 12.1 Å². The van der Waals surface area contributed by atoms with E-state index in [4.69, 9.17) is 4.74 Å². The summed E-state index contributed by atoms with van der Waals surface area (Å²) in [5, 5.41) is 0. The Morgan fingerprint density at radius 3 is 2.94 bits per heavy atom. The molecule has 1 aromatic heterocycles. The Hall–Kier alpha value is -2.10. The van der Waals surface area contributed by atoms with Gasteiger partial charge in [-0.25, -0.2) is 4.98 Å². The van der Waals surface area contributed by atoms with Crippen molar-refractivity contribution in [2.24, 2.45) is 0 Å². The number of hydrogen-bond acceptors (Lipinski definition) is 3. The molecule has 0 aliphatic carbocycles. The minimum atomic E-state index is 0.105. The molecule has 0 aliphatic rings. The third-order valence-electron chi connectivity index (χ3n) is 2.67. The molecule has 0 amide bonds. The Labute approximate surface area is 106 Å². The zero-order chi connectivity index (χ0) is 12.8. The lowest BCUT2D eigenvalue weighted by Gasteiger charge is -2.10. The predicted octanol–water partition coefficient (Wildman–Crippen LogP) is 2.55. The third-order valence-corrected chi connectivity index (χ3v) is 2.67. The van der Waals surface area contributed by atoms with Crippen LogP contribution in [0.25, 0.3) is 0 Å². The minimum absolute atomic E-state index is 0.105. The van der Waals surface area contributed by atoms with Crippen LogP contribution in [0.15, 0.2) is 43.0 Å². The molecule has 0 N–H and O–H groups in total. The van der Waals surface area contributed by atoms with Crippen LogP contribution in [-0.4, -0.2) is 21.9 Å². The van der Waals surface area contributed by atoms with Gasteiger partial charge in [0, 0.05) is 18.8 Å². The van der Waals surface area contributed by atoms with E-state index < -0.39 is 0 Å². The van der Waals surface area contributed by atoms with E-state index >= 15 is 0 Å².